The highest BCUT2D eigenvalue weighted by Gasteiger charge is 2.12. The molecular formula is C26H19FN2O5S. The molecule has 0 bridgehead atoms. The van der Waals surface area contributed by atoms with Gasteiger partial charge in [0.1, 0.15) is 11.6 Å². The number of nitrogens with zero attached hydrogens (tertiary/aromatic N) is 1. The van der Waals surface area contributed by atoms with Crippen LogP contribution in [0, 0.1) is 5.82 Å². The van der Waals surface area contributed by atoms with Crippen molar-refractivity contribution in [3.63, 3.8) is 0 Å². The predicted octanol–water partition coefficient (Wildman–Crippen LogP) is 4.74. The maximum absolute atomic E-state index is 13.0. The molecule has 0 radical (unpaired) electrons. The molecule has 0 unspecified atom stereocenters. The Labute approximate surface area is 204 Å². The third kappa shape index (κ3) is 6.58. The standard InChI is InChI=1S/C26H19FN2O5S/c27-20-10-6-17(7-11-20)22-16-35-26(28-22)29-23(30)14-34-24(31)15-33-21-12-8-19(9-13-21)25(32)18-4-2-1-3-5-18/h1-13,16H,14-15H2,(H,28,29,30). The second-order valence-electron chi connectivity index (χ2n) is 7.26. The Hall–Kier alpha value is -4.37. The predicted molar refractivity (Wildman–Crippen MR) is 129 cm³/mol. The molecule has 4 rings (SSSR count). The van der Waals surface area contributed by atoms with Gasteiger partial charge in [-0.1, -0.05) is 30.3 Å². The molecule has 35 heavy (non-hydrogen) atoms. The molecule has 3 aromatic carbocycles. The maximum atomic E-state index is 13.0. The van der Waals surface area contributed by atoms with Crippen molar-refractivity contribution in [1.29, 1.82) is 0 Å². The van der Waals surface area contributed by atoms with Crippen molar-refractivity contribution < 1.29 is 28.2 Å². The van der Waals surface area contributed by atoms with Gasteiger partial charge in [0.2, 0.25) is 0 Å². The second-order valence-corrected chi connectivity index (χ2v) is 8.12. The van der Waals surface area contributed by atoms with E-state index in [1.54, 1.807) is 66.0 Å². The average molecular weight is 491 g/mol. The monoisotopic (exact) mass is 490 g/mol. The number of thiazole rings is 1. The zero-order valence-corrected chi connectivity index (χ0v) is 19.1. The second kappa shape index (κ2) is 11.2. The molecule has 0 atom stereocenters. The number of rotatable bonds is 9. The van der Waals surface area contributed by atoms with E-state index in [9.17, 15) is 18.8 Å². The maximum Gasteiger partial charge on any atom is 0.344 e. The van der Waals surface area contributed by atoms with Gasteiger partial charge < -0.3 is 9.47 Å². The number of hydrogen-bond acceptors (Lipinski definition) is 7. The van der Waals surface area contributed by atoms with Crippen LogP contribution in [0.2, 0.25) is 0 Å². The van der Waals surface area contributed by atoms with Gasteiger partial charge in [-0.25, -0.2) is 14.2 Å². The normalized spacial score (nSPS) is 10.4. The number of halogens is 1. The van der Waals surface area contributed by atoms with Crippen molar-refractivity contribution >= 4 is 34.1 Å². The molecule has 0 saturated heterocycles. The quantitative estimate of drug-likeness (QED) is 0.269. The van der Waals surface area contributed by atoms with Gasteiger partial charge in [-0.3, -0.25) is 14.9 Å². The van der Waals surface area contributed by atoms with E-state index < -0.39 is 25.1 Å². The number of carbonyl (C=O) groups excluding carboxylic acids is 3. The molecule has 7 nitrogen and oxygen atoms in total. The number of esters is 1. The van der Waals surface area contributed by atoms with Crippen molar-refractivity contribution in [2.45, 2.75) is 0 Å². The molecule has 9 heteroatoms. The van der Waals surface area contributed by atoms with Crippen LogP contribution in [0.4, 0.5) is 9.52 Å². The van der Waals surface area contributed by atoms with Gasteiger partial charge in [0.05, 0.1) is 5.69 Å². The van der Waals surface area contributed by atoms with E-state index in [1.807, 2.05) is 6.07 Å². The number of hydrogen-bond donors (Lipinski definition) is 1. The summed E-state index contributed by atoms with van der Waals surface area (Å²) in [6, 6.07) is 21.1. The summed E-state index contributed by atoms with van der Waals surface area (Å²) in [5.74, 6) is -1.36. The van der Waals surface area contributed by atoms with Gasteiger partial charge in [0.25, 0.3) is 5.91 Å². The summed E-state index contributed by atoms with van der Waals surface area (Å²) in [7, 11) is 0. The van der Waals surface area contributed by atoms with E-state index >= 15 is 0 Å². The fourth-order valence-electron chi connectivity index (χ4n) is 3.03. The van der Waals surface area contributed by atoms with E-state index in [0.717, 1.165) is 0 Å². The number of ether oxygens (including phenoxy) is 2. The summed E-state index contributed by atoms with van der Waals surface area (Å²) < 4.78 is 23.3. The van der Waals surface area contributed by atoms with Gasteiger partial charge in [-0.05, 0) is 48.5 Å². The zero-order valence-electron chi connectivity index (χ0n) is 18.3. The molecule has 0 aliphatic carbocycles. The number of anilines is 1. The van der Waals surface area contributed by atoms with Crippen molar-refractivity contribution in [3.8, 4) is 17.0 Å². The van der Waals surface area contributed by atoms with E-state index in [2.05, 4.69) is 10.3 Å². The van der Waals surface area contributed by atoms with Gasteiger partial charge >= 0.3 is 5.97 Å². The van der Waals surface area contributed by atoms with Crippen LogP contribution in [0.5, 0.6) is 5.75 Å². The molecule has 1 heterocycles. The van der Waals surface area contributed by atoms with Crippen molar-refractivity contribution in [2.24, 2.45) is 0 Å². The molecular weight excluding hydrogens is 471 g/mol. The summed E-state index contributed by atoms with van der Waals surface area (Å²) in [5, 5.41) is 4.60. The van der Waals surface area contributed by atoms with Gasteiger partial charge in [-0.15, -0.1) is 11.3 Å². The molecule has 1 aromatic heterocycles. The lowest BCUT2D eigenvalue weighted by Crippen LogP contribution is -2.23. The molecule has 0 saturated carbocycles. The van der Waals surface area contributed by atoms with Crippen LogP contribution in [-0.4, -0.2) is 35.9 Å². The molecule has 1 N–H and O–H groups in total. The van der Waals surface area contributed by atoms with Crippen LogP contribution in [0.25, 0.3) is 11.3 Å². The average Bonchev–Trinajstić information content (AvgIpc) is 3.35. The summed E-state index contributed by atoms with van der Waals surface area (Å²) in [6.07, 6.45) is 0. The number of carbonyl (C=O) groups is 3. The number of aromatic nitrogens is 1. The van der Waals surface area contributed by atoms with Crippen molar-refractivity contribution in [3.05, 3.63) is 101 Å². The fraction of sp³-hybridized carbons (Fsp3) is 0.0769. The molecule has 0 fully saturated rings. The first kappa shape index (κ1) is 23.8. The minimum absolute atomic E-state index is 0.118. The van der Waals surface area contributed by atoms with Gasteiger partial charge in [0.15, 0.2) is 24.1 Å². The Balaban J connectivity index is 1.20. The van der Waals surface area contributed by atoms with Crippen molar-refractivity contribution in [2.75, 3.05) is 18.5 Å². The van der Waals surface area contributed by atoms with Crippen LogP contribution in [0.15, 0.2) is 84.2 Å². The molecule has 0 spiro atoms. The van der Waals surface area contributed by atoms with E-state index in [1.165, 1.54) is 23.5 Å². The van der Waals surface area contributed by atoms with Crippen LogP contribution < -0.4 is 10.1 Å². The Morgan fingerprint density at radius 2 is 1.54 bits per heavy atom. The van der Waals surface area contributed by atoms with Crippen LogP contribution in [-0.2, 0) is 14.3 Å². The lowest BCUT2D eigenvalue weighted by molar-refractivity contribution is -0.149. The molecule has 4 aromatic rings. The van der Waals surface area contributed by atoms with Crippen LogP contribution >= 0.6 is 11.3 Å². The van der Waals surface area contributed by atoms with Gasteiger partial charge in [-0.2, -0.15) is 0 Å². The first-order valence-electron chi connectivity index (χ1n) is 10.5. The van der Waals surface area contributed by atoms with E-state index in [0.29, 0.717) is 33.3 Å². The van der Waals surface area contributed by atoms with Crippen LogP contribution in [0.3, 0.4) is 0 Å². The first-order valence-corrected chi connectivity index (χ1v) is 11.4. The Kier molecular flexibility index (Phi) is 7.59. The minimum atomic E-state index is -0.726. The Morgan fingerprint density at radius 3 is 2.26 bits per heavy atom. The lowest BCUT2D eigenvalue weighted by atomic mass is 10.0. The van der Waals surface area contributed by atoms with Crippen molar-refractivity contribution in [1.82, 2.24) is 4.98 Å². The smallest absolute Gasteiger partial charge is 0.344 e. The first-order chi connectivity index (χ1) is 17.0. The van der Waals surface area contributed by atoms with E-state index in [-0.39, 0.29) is 11.6 Å². The van der Waals surface area contributed by atoms with Crippen LogP contribution in [0.1, 0.15) is 15.9 Å². The zero-order chi connectivity index (χ0) is 24.6. The molecule has 176 valence electrons. The Morgan fingerprint density at radius 1 is 0.857 bits per heavy atom. The molecule has 0 aliphatic heterocycles. The third-order valence-corrected chi connectivity index (χ3v) is 5.52. The summed E-state index contributed by atoms with van der Waals surface area (Å²) in [5.41, 5.74) is 2.37. The molecule has 1 amide bonds. The SMILES string of the molecule is O=C(COC(=O)COc1ccc(C(=O)c2ccccc2)cc1)Nc1nc(-c2ccc(F)cc2)cs1. The number of amides is 1. The lowest BCUT2D eigenvalue weighted by Gasteiger charge is -2.08. The summed E-state index contributed by atoms with van der Waals surface area (Å²) in [4.78, 5) is 40.7. The number of ketones is 1. The highest BCUT2D eigenvalue weighted by Crippen LogP contribution is 2.25. The van der Waals surface area contributed by atoms with Gasteiger partial charge in [0, 0.05) is 22.1 Å². The summed E-state index contributed by atoms with van der Waals surface area (Å²) in [6.45, 7) is -0.899. The highest BCUT2D eigenvalue weighted by atomic mass is 32.1. The highest BCUT2D eigenvalue weighted by molar-refractivity contribution is 7.14. The molecule has 0 aliphatic rings. The van der Waals surface area contributed by atoms with E-state index in [4.69, 9.17) is 9.47 Å². The third-order valence-electron chi connectivity index (χ3n) is 4.76. The summed E-state index contributed by atoms with van der Waals surface area (Å²) >= 11 is 1.19. The number of benzene rings is 3. The largest absolute Gasteiger partial charge is 0.482 e. The Bertz CT molecular complexity index is 1320. The minimum Gasteiger partial charge on any atom is -0.482 e. The fourth-order valence-corrected chi connectivity index (χ4v) is 3.76. The topological polar surface area (TPSA) is 94.6 Å². The number of nitrogens with one attached hydrogen (secondary N) is 1.